The van der Waals surface area contributed by atoms with Gasteiger partial charge in [-0.05, 0) is 24.7 Å². The largest absolute Gasteiger partial charge is 0.481 e. The summed E-state index contributed by atoms with van der Waals surface area (Å²) in [6.45, 7) is 2.40. The molecule has 0 spiro atoms. The molecule has 0 aliphatic heterocycles. The fourth-order valence-corrected chi connectivity index (χ4v) is 1.67. The quantitative estimate of drug-likeness (QED) is 0.653. The van der Waals surface area contributed by atoms with Crippen LogP contribution >= 0.6 is 0 Å². The van der Waals surface area contributed by atoms with E-state index in [2.05, 4.69) is 6.92 Å². The molecular weight excluding hydrogens is 154 g/mol. The van der Waals surface area contributed by atoms with Gasteiger partial charge in [-0.15, -0.1) is 0 Å². The van der Waals surface area contributed by atoms with E-state index in [1.807, 2.05) is 0 Å². The van der Waals surface area contributed by atoms with Crippen LogP contribution in [0.1, 0.15) is 32.6 Å². The molecule has 0 radical (unpaired) electrons. The van der Waals surface area contributed by atoms with E-state index in [9.17, 15) is 4.79 Å². The third-order valence-electron chi connectivity index (χ3n) is 3.02. The van der Waals surface area contributed by atoms with Crippen LogP contribution in [0.25, 0.3) is 0 Å². The van der Waals surface area contributed by atoms with E-state index in [0.29, 0.717) is 5.41 Å². The Kier molecular flexibility index (Phi) is 2.73. The highest BCUT2D eigenvalue weighted by Gasteiger charge is 2.43. The lowest BCUT2D eigenvalue weighted by Crippen LogP contribution is -2.26. The Hall–Kier alpha value is -0.570. The first-order valence-electron chi connectivity index (χ1n) is 4.56. The van der Waals surface area contributed by atoms with Gasteiger partial charge in [0.1, 0.15) is 0 Å². The smallest absolute Gasteiger partial charge is 0.307 e. The Balaban J connectivity index is 2.42. The van der Waals surface area contributed by atoms with Crippen LogP contribution in [0.2, 0.25) is 0 Å². The zero-order valence-corrected chi connectivity index (χ0v) is 7.55. The van der Waals surface area contributed by atoms with Crippen LogP contribution in [0.5, 0.6) is 0 Å². The molecule has 0 heterocycles. The minimum atomic E-state index is -0.739. The lowest BCUT2D eigenvalue weighted by atomic mass is 9.90. The maximum absolute atomic E-state index is 10.7. The molecule has 12 heavy (non-hydrogen) atoms. The molecule has 1 aliphatic carbocycles. The van der Waals surface area contributed by atoms with E-state index in [1.165, 1.54) is 12.8 Å². The predicted molar refractivity (Wildman–Crippen MR) is 46.8 cm³/mol. The van der Waals surface area contributed by atoms with Crippen LogP contribution in [0.3, 0.4) is 0 Å². The van der Waals surface area contributed by atoms with Gasteiger partial charge in [-0.2, -0.15) is 0 Å². The Morgan fingerprint density at radius 1 is 1.67 bits per heavy atom. The zero-order chi connectivity index (χ0) is 9.19. The number of carboxylic acids is 1. The maximum Gasteiger partial charge on any atom is 0.307 e. The highest BCUT2D eigenvalue weighted by Crippen LogP contribution is 2.53. The van der Waals surface area contributed by atoms with Gasteiger partial charge in [0, 0.05) is 6.54 Å². The summed E-state index contributed by atoms with van der Waals surface area (Å²) in [4.78, 5) is 10.7. The van der Waals surface area contributed by atoms with Crippen LogP contribution in [-0.4, -0.2) is 17.6 Å². The second-order valence-electron chi connectivity index (χ2n) is 3.83. The van der Waals surface area contributed by atoms with E-state index in [1.54, 1.807) is 0 Å². The molecule has 3 N–H and O–H groups in total. The standard InChI is InChI=1S/C9H17NO2/c1-2-9(3-4-9)5-7(6-10)8(11)12/h7H,2-6,10H2,1H3,(H,11,12). The molecule has 1 atom stereocenters. The Morgan fingerprint density at radius 3 is 2.50 bits per heavy atom. The summed E-state index contributed by atoms with van der Waals surface area (Å²) in [5.41, 5.74) is 5.72. The molecular formula is C9H17NO2. The average Bonchev–Trinajstić information content (AvgIpc) is 2.80. The zero-order valence-electron chi connectivity index (χ0n) is 7.55. The third kappa shape index (κ3) is 1.97. The van der Waals surface area contributed by atoms with Gasteiger partial charge in [0.25, 0.3) is 0 Å². The number of hydrogen-bond acceptors (Lipinski definition) is 2. The van der Waals surface area contributed by atoms with Crippen molar-refractivity contribution in [2.75, 3.05) is 6.54 Å². The van der Waals surface area contributed by atoms with Crippen LogP contribution in [0.4, 0.5) is 0 Å². The molecule has 3 nitrogen and oxygen atoms in total. The number of hydrogen-bond donors (Lipinski definition) is 2. The summed E-state index contributed by atoms with van der Waals surface area (Å²) in [6, 6.07) is 0. The summed E-state index contributed by atoms with van der Waals surface area (Å²) in [6.07, 6.45) is 4.24. The number of carbonyl (C=O) groups is 1. The molecule has 1 rings (SSSR count). The van der Waals surface area contributed by atoms with Gasteiger partial charge in [0.05, 0.1) is 5.92 Å². The molecule has 0 bridgehead atoms. The number of rotatable bonds is 5. The van der Waals surface area contributed by atoms with Gasteiger partial charge in [-0.25, -0.2) is 0 Å². The van der Waals surface area contributed by atoms with E-state index >= 15 is 0 Å². The Morgan fingerprint density at radius 2 is 2.25 bits per heavy atom. The lowest BCUT2D eigenvalue weighted by molar-refractivity contribution is -0.142. The Labute approximate surface area is 72.9 Å². The second kappa shape index (κ2) is 3.44. The predicted octanol–water partition coefficient (Wildman–Crippen LogP) is 1.23. The van der Waals surface area contributed by atoms with Crippen molar-refractivity contribution >= 4 is 5.97 Å². The molecule has 0 saturated heterocycles. The van der Waals surface area contributed by atoms with Crippen LogP contribution < -0.4 is 5.73 Å². The highest BCUT2D eigenvalue weighted by atomic mass is 16.4. The van der Waals surface area contributed by atoms with Gasteiger partial charge in [-0.1, -0.05) is 13.3 Å². The first-order chi connectivity index (χ1) is 5.63. The number of carboxylic acid groups (broad SMARTS) is 1. The van der Waals surface area contributed by atoms with Crippen molar-refractivity contribution in [2.24, 2.45) is 17.1 Å². The van der Waals surface area contributed by atoms with E-state index < -0.39 is 5.97 Å². The van der Waals surface area contributed by atoms with Crippen molar-refractivity contribution in [3.05, 3.63) is 0 Å². The van der Waals surface area contributed by atoms with Crippen molar-refractivity contribution in [2.45, 2.75) is 32.6 Å². The molecule has 1 unspecified atom stereocenters. The highest BCUT2D eigenvalue weighted by molar-refractivity contribution is 5.70. The van der Waals surface area contributed by atoms with Crippen molar-refractivity contribution in [1.29, 1.82) is 0 Å². The third-order valence-corrected chi connectivity index (χ3v) is 3.02. The van der Waals surface area contributed by atoms with Gasteiger partial charge in [-0.3, -0.25) is 4.79 Å². The first kappa shape index (κ1) is 9.52. The molecule has 1 fully saturated rings. The van der Waals surface area contributed by atoms with Crippen molar-refractivity contribution < 1.29 is 9.90 Å². The molecule has 0 aromatic rings. The molecule has 0 aromatic carbocycles. The molecule has 3 heteroatoms. The van der Waals surface area contributed by atoms with Gasteiger partial charge in [0.2, 0.25) is 0 Å². The summed E-state index contributed by atoms with van der Waals surface area (Å²) >= 11 is 0. The Bertz CT molecular complexity index is 175. The van der Waals surface area contributed by atoms with E-state index in [4.69, 9.17) is 10.8 Å². The maximum atomic E-state index is 10.7. The fraction of sp³-hybridized carbons (Fsp3) is 0.889. The molecule has 1 aliphatic rings. The molecule has 1 saturated carbocycles. The van der Waals surface area contributed by atoms with Gasteiger partial charge >= 0.3 is 5.97 Å². The SMILES string of the molecule is CCC1(CC(CN)C(=O)O)CC1. The topological polar surface area (TPSA) is 63.3 Å². The normalized spacial score (nSPS) is 21.8. The van der Waals surface area contributed by atoms with E-state index in [-0.39, 0.29) is 12.5 Å². The van der Waals surface area contributed by atoms with Crippen molar-refractivity contribution in [3.8, 4) is 0 Å². The summed E-state index contributed by atoms with van der Waals surface area (Å²) in [5.74, 6) is -1.07. The van der Waals surface area contributed by atoms with Crippen LogP contribution in [0, 0.1) is 11.3 Å². The summed E-state index contributed by atoms with van der Waals surface area (Å²) in [5, 5.41) is 8.78. The van der Waals surface area contributed by atoms with Gasteiger partial charge in [0.15, 0.2) is 0 Å². The number of nitrogens with two attached hydrogens (primary N) is 1. The molecule has 0 amide bonds. The average molecular weight is 171 g/mol. The second-order valence-corrected chi connectivity index (χ2v) is 3.83. The van der Waals surface area contributed by atoms with Gasteiger partial charge < -0.3 is 10.8 Å². The fourth-order valence-electron chi connectivity index (χ4n) is 1.67. The first-order valence-corrected chi connectivity index (χ1v) is 4.56. The molecule has 0 aromatic heterocycles. The monoisotopic (exact) mass is 171 g/mol. The lowest BCUT2D eigenvalue weighted by Gasteiger charge is -2.16. The summed E-state index contributed by atoms with van der Waals surface area (Å²) in [7, 11) is 0. The van der Waals surface area contributed by atoms with Crippen LogP contribution in [-0.2, 0) is 4.79 Å². The van der Waals surface area contributed by atoms with Crippen molar-refractivity contribution in [1.82, 2.24) is 0 Å². The van der Waals surface area contributed by atoms with Crippen molar-refractivity contribution in [3.63, 3.8) is 0 Å². The minimum Gasteiger partial charge on any atom is -0.481 e. The van der Waals surface area contributed by atoms with Crippen LogP contribution in [0.15, 0.2) is 0 Å². The molecule has 70 valence electrons. The summed E-state index contributed by atoms with van der Waals surface area (Å²) < 4.78 is 0. The number of aliphatic carboxylic acids is 1. The van der Waals surface area contributed by atoms with E-state index in [0.717, 1.165) is 12.8 Å². The minimum absolute atomic E-state index is 0.275.